The molecule has 81 heavy (non-hydrogen) atoms. The summed E-state index contributed by atoms with van der Waals surface area (Å²) in [4.78, 5) is 157. The van der Waals surface area contributed by atoms with Crippen LogP contribution in [-0.2, 0) is 52.7 Å². The van der Waals surface area contributed by atoms with E-state index in [1.54, 1.807) is 13.8 Å². The number of hydrogen-bond donors (Lipinski definition) is 15. The van der Waals surface area contributed by atoms with Gasteiger partial charge in [0, 0.05) is 31.9 Å². The van der Waals surface area contributed by atoms with Gasteiger partial charge in [-0.3, -0.25) is 52.9 Å². The molecule has 0 spiro atoms. The molecule has 10 amide bonds. The van der Waals surface area contributed by atoms with E-state index in [1.807, 2.05) is 0 Å². The van der Waals surface area contributed by atoms with Crippen molar-refractivity contribution < 1.29 is 68.1 Å². The van der Waals surface area contributed by atoms with Gasteiger partial charge < -0.3 is 89.8 Å². The summed E-state index contributed by atoms with van der Waals surface area (Å²) in [5, 5.41) is 51.4. The number of unbranched alkanes of at least 4 members (excludes halogenated alkanes) is 1. The van der Waals surface area contributed by atoms with Gasteiger partial charge >= 0.3 is 5.97 Å². The first-order valence-electron chi connectivity index (χ1n) is 28.1. The zero-order chi connectivity index (χ0) is 60.1. The van der Waals surface area contributed by atoms with E-state index in [2.05, 4.69) is 60.2 Å². The van der Waals surface area contributed by atoms with E-state index in [-0.39, 0.29) is 69.4 Å². The lowest BCUT2D eigenvalue weighted by molar-refractivity contribution is -0.149. The van der Waals surface area contributed by atoms with Gasteiger partial charge in [0.1, 0.15) is 60.4 Å². The predicted octanol–water partition coefficient (Wildman–Crippen LogP) is -5.26. The molecule has 4 heterocycles. The van der Waals surface area contributed by atoms with E-state index in [0.717, 1.165) is 6.42 Å². The summed E-state index contributed by atoms with van der Waals surface area (Å²) in [6.07, 6.45) is 4.04. The SMILES string of the molecule is CC[C@H](C)[C@H](NC(=O)[C@H](CO)NC(=O)[C@H](C)NC(=O)[C@@H](NC(=O)[C@H](CS)NC(=O)[C@H](CCCN=C(N)N)NC(=O)[C@@H]1CCCN1C(=O)[C@@H]1CCCN1)[C@@H](C)O)C(=O)N1CCC[C@H]1C(=O)N1CCC[C@H]1C(=O)N[C@@H](CCCCN)C(=O)O. The molecule has 0 saturated carbocycles. The number of nitrogens with two attached hydrogens (primary N) is 3. The van der Waals surface area contributed by atoms with Gasteiger partial charge in [0.15, 0.2) is 5.96 Å². The highest BCUT2D eigenvalue weighted by atomic mass is 32.1. The minimum absolute atomic E-state index is 0.0103. The van der Waals surface area contributed by atoms with Crippen LogP contribution in [0.15, 0.2) is 4.99 Å². The Hall–Kier alpha value is -6.37. The molecule has 13 atom stereocenters. The zero-order valence-electron chi connectivity index (χ0n) is 46.9. The Morgan fingerprint density at radius 1 is 0.630 bits per heavy atom. The van der Waals surface area contributed by atoms with Gasteiger partial charge in [-0.05, 0) is 116 Å². The van der Waals surface area contributed by atoms with E-state index in [9.17, 15) is 68.1 Å². The van der Waals surface area contributed by atoms with E-state index >= 15 is 0 Å². The first-order chi connectivity index (χ1) is 38.5. The van der Waals surface area contributed by atoms with Gasteiger partial charge in [-0.1, -0.05) is 20.3 Å². The summed E-state index contributed by atoms with van der Waals surface area (Å²) in [5.41, 5.74) is 16.5. The van der Waals surface area contributed by atoms with Crippen LogP contribution in [0.5, 0.6) is 0 Å². The van der Waals surface area contributed by atoms with Gasteiger partial charge in [0.2, 0.25) is 59.1 Å². The summed E-state index contributed by atoms with van der Waals surface area (Å²) < 4.78 is 0. The number of likely N-dealkylation sites (tertiary alicyclic amines) is 3. The van der Waals surface area contributed by atoms with Crippen LogP contribution in [0.2, 0.25) is 0 Å². The fraction of sp³-hybridized carbons (Fsp3) is 0.765. The van der Waals surface area contributed by atoms with Crippen molar-refractivity contribution in [3.05, 3.63) is 0 Å². The van der Waals surface area contributed by atoms with Crippen molar-refractivity contribution in [2.24, 2.45) is 28.1 Å². The minimum Gasteiger partial charge on any atom is -0.480 e. The van der Waals surface area contributed by atoms with Crippen LogP contribution in [-0.4, -0.2) is 225 Å². The number of aliphatic carboxylic acids is 1. The van der Waals surface area contributed by atoms with Gasteiger partial charge in [-0.2, -0.15) is 12.6 Å². The molecule has 0 aromatic carbocycles. The van der Waals surface area contributed by atoms with Crippen molar-refractivity contribution in [2.75, 3.05) is 51.6 Å². The molecule has 17 N–H and O–H groups in total. The average Bonchev–Trinajstić information content (AvgIpc) is 4.39. The Morgan fingerprint density at radius 3 is 1.72 bits per heavy atom. The van der Waals surface area contributed by atoms with E-state index in [4.69, 9.17) is 17.2 Å². The van der Waals surface area contributed by atoms with Crippen LogP contribution in [0, 0.1) is 5.92 Å². The molecular weight excluding hydrogens is 1080 g/mol. The van der Waals surface area contributed by atoms with E-state index in [1.165, 1.54) is 28.5 Å². The van der Waals surface area contributed by atoms with Crippen molar-refractivity contribution in [2.45, 2.75) is 190 Å². The van der Waals surface area contributed by atoms with E-state index < -0.39 is 144 Å². The number of carboxylic acids is 1. The molecule has 0 unspecified atom stereocenters. The lowest BCUT2D eigenvalue weighted by Gasteiger charge is -2.35. The normalized spacial score (nSPS) is 22.1. The van der Waals surface area contributed by atoms with Crippen LogP contribution in [0.25, 0.3) is 0 Å². The smallest absolute Gasteiger partial charge is 0.326 e. The Bertz CT molecular complexity index is 2250. The van der Waals surface area contributed by atoms with Crippen molar-refractivity contribution in [1.29, 1.82) is 0 Å². The quantitative estimate of drug-likeness (QED) is 0.0133. The summed E-state index contributed by atoms with van der Waals surface area (Å²) >= 11 is 4.23. The Morgan fingerprint density at radius 2 is 1.17 bits per heavy atom. The monoisotopic (exact) mass is 1170 g/mol. The average molecular weight is 1170 g/mol. The van der Waals surface area contributed by atoms with Gasteiger partial charge in [-0.15, -0.1) is 0 Å². The number of hydrogen-bond acceptors (Lipinski definition) is 17. The van der Waals surface area contributed by atoms with Crippen molar-refractivity contribution in [1.82, 2.24) is 57.2 Å². The van der Waals surface area contributed by atoms with Crippen LogP contribution in [0.1, 0.15) is 118 Å². The first kappa shape index (κ1) is 67.1. The topological polar surface area (TPSA) is 445 Å². The third-order valence-corrected chi connectivity index (χ3v) is 15.6. The number of rotatable bonds is 31. The highest BCUT2D eigenvalue weighted by molar-refractivity contribution is 7.80. The number of carboxylic acid groups (broad SMARTS) is 1. The summed E-state index contributed by atoms with van der Waals surface area (Å²) in [6, 6.07) is -13.2. The highest BCUT2D eigenvalue weighted by Crippen LogP contribution is 2.27. The number of carbonyl (C=O) groups excluding carboxylic acids is 10. The maximum Gasteiger partial charge on any atom is 0.326 e. The molecule has 0 radical (unpaired) electrons. The molecule has 456 valence electrons. The molecule has 30 heteroatoms. The maximum atomic E-state index is 14.4. The molecule has 4 aliphatic heterocycles. The molecular formula is C51H87N15O14S. The third-order valence-electron chi connectivity index (χ3n) is 15.2. The van der Waals surface area contributed by atoms with Gasteiger partial charge in [0.05, 0.1) is 18.8 Å². The molecule has 4 rings (SSSR count). The summed E-state index contributed by atoms with van der Waals surface area (Å²) in [6.45, 7) is 6.76. The van der Waals surface area contributed by atoms with Gasteiger partial charge in [-0.25, -0.2) is 4.79 Å². The largest absolute Gasteiger partial charge is 0.480 e. The number of aliphatic hydroxyl groups excluding tert-OH is 2. The fourth-order valence-electron chi connectivity index (χ4n) is 10.3. The minimum atomic E-state index is -1.72. The summed E-state index contributed by atoms with van der Waals surface area (Å²) in [7, 11) is 0. The maximum absolute atomic E-state index is 14.4. The summed E-state index contributed by atoms with van der Waals surface area (Å²) in [5.74, 6) is -9.58. The third kappa shape index (κ3) is 19.1. The molecule has 0 bridgehead atoms. The van der Waals surface area contributed by atoms with Crippen molar-refractivity contribution in [3.8, 4) is 0 Å². The standard InChI is InChI=1S/C51H87N15O14S/c1-5-27(2)38(49(78)66-24-12-18-37(66)48(77)65-23-11-17-36(65)45(74)59-32(50(79)80)13-6-7-19-52)62-42(71)33(25-67)60-40(69)28(3)57-46(75)39(29(4)68)63-43(72)34(26-81)61-41(70)30(14-8-21-56-51(53)54)58-44(73)35-16-10-22-64(35)47(76)31-15-9-20-55-31/h27-39,55,67-68,81H,5-26,52H2,1-4H3,(H,57,75)(H,58,73)(H,59,74)(H,60,69)(H,61,70)(H,62,71)(H,63,72)(H,79,80)(H4,53,54,56)/t27-,28-,29+,30-,31-,32-,33-,34-,35-,36-,37-,38-,39-/m0/s1. The molecule has 0 aromatic rings. The number of guanidine groups is 1. The Balaban J connectivity index is 1.37. The van der Waals surface area contributed by atoms with Crippen LogP contribution >= 0.6 is 12.6 Å². The second-order valence-corrected chi connectivity index (χ2v) is 21.6. The first-order valence-corrected chi connectivity index (χ1v) is 28.8. The Kier molecular flexibility index (Phi) is 27.3. The lowest BCUT2D eigenvalue weighted by Crippen LogP contribution is -2.62. The number of thiol groups is 1. The number of nitrogens with one attached hydrogen (secondary N) is 8. The van der Waals surface area contributed by atoms with Crippen molar-refractivity contribution in [3.63, 3.8) is 0 Å². The van der Waals surface area contributed by atoms with Crippen LogP contribution in [0.3, 0.4) is 0 Å². The number of nitrogens with zero attached hydrogens (tertiary/aromatic N) is 4. The van der Waals surface area contributed by atoms with Crippen LogP contribution < -0.4 is 59.7 Å². The van der Waals surface area contributed by atoms with Crippen LogP contribution in [0.4, 0.5) is 0 Å². The number of aliphatic hydroxyl groups is 2. The fourth-order valence-corrected chi connectivity index (χ4v) is 10.6. The molecule has 4 aliphatic rings. The van der Waals surface area contributed by atoms with E-state index in [0.29, 0.717) is 71.0 Å². The second-order valence-electron chi connectivity index (χ2n) is 21.2. The molecule has 0 aliphatic carbocycles. The Labute approximate surface area is 477 Å². The lowest BCUT2D eigenvalue weighted by atomic mass is 9.96. The number of carbonyl (C=O) groups is 11. The second kappa shape index (κ2) is 32.9. The molecule has 4 fully saturated rings. The predicted molar refractivity (Wildman–Crippen MR) is 297 cm³/mol. The number of amides is 10. The zero-order valence-corrected chi connectivity index (χ0v) is 47.8. The van der Waals surface area contributed by atoms with Crippen molar-refractivity contribution >= 4 is 83.6 Å². The van der Waals surface area contributed by atoms with Gasteiger partial charge in [0.25, 0.3) is 0 Å². The molecule has 4 saturated heterocycles. The molecule has 0 aromatic heterocycles. The molecule has 29 nitrogen and oxygen atoms in total. The number of aliphatic imine (C=N–C) groups is 1. The highest BCUT2D eigenvalue weighted by Gasteiger charge is 2.46.